The molecule has 9 nitrogen and oxygen atoms in total. The number of rotatable bonds is 3. The maximum Gasteiger partial charge on any atom is 0.417 e. The van der Waals surface area contributed by atoms with Gasteiger partial charge < -0.3 is 11.1 Å². The molecule has 0 saturated heterocycles. The van der Waals surface area contributed by atoms with Gasteiger partial charge >= 0.3 is 6.18 Å². The van der Waals surface area contributed by atoms with E-state index in [0.29, 0.717) is 11.8 Å². The summed E-state index contributed by atoms with van der Waals surface area (Å²) in [4.78, 5) is 24.1. The first kappa shape index (κ1) is 21.5. The maximum absolute atomic E-state index is 12.6. The molecule has 160 valence electrons. The van der Waals surface area contributed by atoms with Crippen molar-refractivity contribution in [3.63, 3.8) is 0 Å². The molecule has 1 aliphatic rings. The number of alkyl halides is 3. The lowest BCUT2D eigenvalue weighted by Crippen LogP contribution is -2.50. The molecule has 1 amide bonds. The molecule has 0 fully saturated rings. The standard InChI is InChI=1S/C17H17F3N6O3S/c1-16(9-30(28,29)26(2)15(21)25-16)11-5-12(8-22-6-11)24-14(27)13-4-3-10(7-23-13)17(18,19)20/h3-8H,9H2,1-2H3,(H2,21,25)(H,24,27). The van der Waals surface area contributed by atoms with Crippen LogP contribution in [0.15, 0.2) is 41.8 Å². The van der Waals surface area contributed by atoms with E-state index in [4.69, 9.17) is 5.73 Å². The lowest BCUT2D eigenvalue weighted by molar-refractivity contribution is -0.137. The molecule has 1 atom stereocenters. The predicted octanol–water partition coefficient (Wildman–Crippen LogP) is 1.55. The van der Waals surface area contributed by atoms with Gasteiger partial charge in [-0.15, -0.1) is 0 Å². The average molecular weight is 442 g/mol. The predicted molar refractivity (Wildman–Crippen MR) is 102 cm³/mol. The molecule has 3 rings (SSSR count). The average Bonchev–Trinajstić information content (AvgIpc) is 2.65. The van der Waals surface area contributed by atoms with Gasteiger partial charge in [0, 0.05) is 25.0 Å². The molecule has 1 unspecified atom stereocenters. The zero-order chi connectivity index (χ0) is 22.3. The number of carbonyl (C=O) groups excluding carboxylic acids is 1. The van der Waals surface area contributed by atoms with Crippen LogP contribution >= 0.6 is 0 Å². The van der Waals surface area contributed by atoms with E-state index < -0.39 is 33.2 Å². The van der Waals surface area contributed by atoms with Gasteiger partial charge in [0.2, 0.25) is 16.0 Å². The van der Waals surface area contributed by atoms with Crippen molar-refractivity contribution in [2.24, 2.45) is 10.7 Å². The number of amides is 1. The topological polar surface area (TPSA) is 131 Å². The van der Waals surface area contributed by atoms with Gasteiger partial charge in [-0.25, -0.2) is 17.7 Å². The summed E-state index contributed by atoms with van der Waals surface area (Å²) in [5.74, 6) is -1.31. The fourth-order valence-electron chi connectivity index (χ4n) is 2.79. The first-order valence-electron chi connectivity index (χ1n) is 8.44. The first-order valence-corrected chi connectivity index (χ1v) is 10.0. The van der Waals surface area contributed by atoms with E-state index in [9.17, 15) is 26.4 Å². The lowest BCUT2D eigenvalue weighted by atomic mass is 9.96. The number of halogens is 3. The summed E-state index contributed by atoms with van der Waals surface area (Å²) in [6, 6.07) is 3.16. The highest BCUT2D eigenvalue weighted by atomic mass is 32.2. The molecule has 0 bridgehead atoms. The Kier molecular flexibility index (Phi) is 5.18. The minimum absolute atomic E-state index is 0.186. The Labute approximate surface area is 169 Å². The van der Waals surface area contributed by atoms with Crippen LogP contribution in [0.3, 0.4) is 0 Å². The Morgan fingerprint density at radius 3 is 2.53 bits per heavy atom. The minimum atomic E-state index is -4.56. The number of anilines is 1. The van der Waals surface area contributed by atoms with Gasteiger partial charge in [0.05, 0.1) is 23.2 Å². The molecule has 0 aliphatic carbocycles. The minimum Gasteiger partial charge on any atom is -0.369 e. The SMILES string of the molecule is CN1C(N)=NC(C)(c2cncc(NC(=O)c3ccc(C(F)(F)F)cn3)c2)CS1(=O)=O. The van der Waals surface area contributed by atoms with Gasteiger partial charge in [0.1, 0.15) is 11.2 Å². The van der Waals surface area contributed by atoms with Crippen LogP contribution in [0.1, 0.15) is 28.5 Å². The molecule has 0 aromatic carbocycles. The van der Waals surface area contributed by atoms with Crippen molar-refractivity contribution in [1.29, 1.82) is 0 Å². The number of aromatic nitrogens is 2. The lowest BCUT2D eigenvalue weighted by Gasteiger charge is -2.34. The number of sulfonamides is 1. The van der Waals surface area contributed by atoms with Crippen LogP contribution in [-0.2, 0) is 21.7 Å². The number of carbonyl (C=O) groups is 1. The number of aliphatic imine (C=N–C) groups is 1. The Hall–Kier alpha value is -3.22. The number of hydrogen-bond donors (Lipinski definition) is 2. The summed E-state index contributed by atoms with van der Waals surface area (Å²) in [6.45, 7) is 1.56. The van der Waals surface area contributed by atoms with E-state index >= 15 is 0 Å². The number of nitrogens with two attached hydrogens (primary N) is 1. The largest absolute Gasteiger partial charge is 0.417 e. The van der Waals surface area contributed by atoms with Crippen LogP contribution in [0.4, 0.5) is 18.9 Å². The van der Waals surface area contributed by atoms with E-state index in [1.807, 2.05) is 0 Å². The molecule has 30 heavy (non-hydrogen) atoms. The first-order chi connectivity index (χ1) is 13.8. The van der Waals surface area contributed by atoms with Gasteiger partial charge in [-0.3, -0.25) is 14.8 Å². The van der Waals surface area contributed by atoms with Gasteiger partial charge in [-0.2, -0.15) is 13.2 Å². The second-order valence-electron chi connectivity index (χ2n) is 6.81. The van der Waals surface area contributed by atoms with E-state index in [1.165, 1.54) is 25.5 Å². The molecule has 13 heteroatoms. The van der Waals surface area contributed by atoms with E-state index in [2.05, 4.69) is 20.3 Å². The Morgan fingerprint density at radius 2 is 1.97 bits per heavy atom. The fraction of sp³-hybridized carbons (Fsp3) is 0.294. The highest BCUT2D eigenvalue weighted by molar-refractivity contribution is 7.89. The van der Waals surface area contributed by atoms with Crippen molar-refractivity contribution in [3.05, 3.63) is 53.6 Å². The molecule has 3 N–H and O–H groups in total. The molecule has 2 aromatic heterocycles. The van der Waals surface area contributed by atoms with E-state index in [0.717, 1.165) is 16.4 Å². The third kappa shape index (κ3) is 4.20. The molecule has 2 aromatic rings. The van der Waals surface area contributed by atoms with Gasteiger partial charge in [0.25, 0.3) is 5.91 Å². The van der Waals surface area contributed by atoms with Crippen molar-refractivity contribution in [2.75, 3.05) is 18.1 Å². The number of guanidine groups is 1. The highest BCUT2D eigenvalue weighted by Gasteiger charge is 2.40. The fourth-order valence-corrected chi connectivity index (χ4v) is 4.25. The highest BCUT2D eigenvalue weighted by Crippen LogP contribution is 2.32. The van der Waals surface area contributed by atoms with Crippen molar-refractivity contribution >= 4 is 27.6 Å². The molecular formula is C17H17F3N6O3S. The normalized spacial score (nSPS) is 21.1. The Balaban J connectivity index is 1.85. The quantitative estimate of drug-likeness (QED) is 0.742. The van der Waals surface area contributed by atoms with Crippen molar-refractivity contribution in [2.45, 2.75) is 18.6 Å². The third-order valence-electron chi connectivity index (χ3n) is 4.51. The van der Waals surface area contributed by atoms with Crippen LogP contribution in [0.5, 0.6) is 0 Å². The smallest absolute Gasteiger partial charge is 0.369 e. The molecule has 0 spiro atoms. The Bertz CT molecular complexity index is 1120. The Morgan fingerprint density at radius 1 is 1.27 bits per heavy atom. The summed E-state index contributed by atoms with van der Waals surface area (Å²) in [5, 5.41) is 2.47. The summed E-state index contributed by atoms with van der Waals surface area (Å²) >= 11 is 0. The monoisotopic (exact) mass is 442 g/mol. The number of pyridine rings is 2. The van der Waals surface area contributed by atoms with E-state index in [-0.39, 0.29) is 23.1 Å². The number of hydrogen-bond acceptors (Lipinski definition) is 7. The number of nitrogens with one attached hydrogen (secondary N) is 1. The second-order valence-corrected chi connectivity index (χ2v) is 8.81. The van der Waals surface area contributed by atoms with Crippen molar-refractivity contribution < 1.29 is 26.4 Å². The zero-order valence-electron chi connectivity index (χ0n) is 15.8. The molecule has 3 heterocycles. The van der Waals surface area contributed by atoms with Crippen LogP contribution < -0.4 is 11.1 Å². The van der Waals surface area contributed by atoms with Gasteiger partial charge in [-0.1, -0.05) is 0 Å². The summed E-state index contributed by atoms with van der Waals surface area (Å²) in [5.41, 5.74) is 3.83. The van der Waals surface area contributed by atoms with Crippen molar-refractivity contribution in [1.82, 2.24) is 14.3 Å². The van der Waals surface area contributed by atoms with Gasteiger partial charge in [-0.05, 0) is 25.1 Å². The van der Waals surface area contributed by atoms with Gasteiger partial charge in [0.15, 0.2) is 0 Å². The molecule has 0 saturated carbocycles. The summed E-state index contributed by atoms with van der Waals surface area (Å²) < 4.78 is 63.4. The van der Waals surface area contributed by atoms with Crippen LogP contribution in [-0.4, -0.2) is 47.4 Å². The molecule has 0 radical (unpaired) electrons. The second kappa shape index (κ2) is 7.23. The van der Waals surface area contributed by atoms with Crippen LogP contribution in [0.25, 0.3) is 0 Å². The molecular weight excluding hydrogens is 425 g/mol. The zero-order valence-corrected chi connectivity index (χ0v) is 16.6. The summed E-state index contributed by atoms with van der Waals surface area (Å²) in [7, 11) is -2.41. The van der Waals surface area contributed by atoms with Crippen LogP contribution in [0.2, 0.25) is 0 Å². The number of nitrogens with zero attached hydrogens (tertiary/aromatic N) is 4. The maximum atomic E-state index is 12.6. The molecule has 1 aliphatic heterocycles. The third-order valence-corrected chi connectivity index (χ3v) is 6.45. The summed E-state index contributed by atoms with van der Waals surface area (Å²) in [6.07, 6.45) is -1.31. The van der Waals surface area contributed by atoms with E-state index in [1.54, 1.807) is 6.92 Å². The van der Waals surface area contributed by atoms with Crippen molar-refractivity contribution in [3.8, 4) is 0 Å². The van der Waals surface area contributed by atoms with Crippen LogP contribution in [0, 0.1) is 0 Å².